The molecule has 1 amide bonds. The number of aromatic amines is 1. The second-order valence-corrected chi connectivity index (χ2v) is 10.3. The van der Waals surface area contributed by atoms with E-state index in [4.69, 9.17) is 10.5 Å². The topological polar surface area (TPSA) is 102 Å². The summed E-state index contributed by atoms with van der Waals surface area (Å²) in [5.41, 5.74) is 10.7. The van der Waals surface area contributed by atoms with Gasteiger partial charge in [0.15, 0.2) is 5.82 Å². The number of amides is 1. The van der Waals surface area contributed by atoms with Gasteiger partial charge in [0.1, 0.15) is 11.9 Å². The molecule has 3 aliphatic rings. The number of nitrogens with one attached hydrogen (secondary N) is 1. The third-order valence-corrected chi connectivity index (χ3v) is 8.19. The Hall–Kier alpha value is -2.71. The quantitative estimate of drug-likeness (QED) is 0.656. The third-order valence-electron chi connectivity index (χ3n) is 8.19. The Bertz CT molecular complexity index is 1230. The van der Waals surface area contributed by atoms with Crippen molar-refractivity contribution in [1.82, 2.24) is 24.6 Å². The number of morpholine rings is 1. The highest BCUT2D eigenvalue weighted by Gasteiger charge is 2.53. The fourth-order valence-corrected chi connectivity index (χ4v) is 5.83. The zero-order chi connectivity index (χ0) is 22.3. The molecule has 2 fully saturated rings. The van der Waals surface area contributed by atoms with E-state index in [1.54, 1.807) is 0 Å². The van der Waals surface area contributed by atoms with Crippen molar-refractivity contribution in [3.63, 3.8) is 0 Å². The normalized spacial score (nSPS) is 29.3. The summed E-state index contributed by atoms with van der Waals surface area (Å²) in [6.07, 6.45) is 5.35. The van der Waals surface area contributed by atoms with Gasteiger partial charge in [-0.05, 0) is 62.1 Å². The van der Waals surface area contributed by atoms with Crippen LogP contribution in [0.2, 0.25) is 0 Å². The molecular weight excluding hydrogens is 404 g/mol. The van der Waals surface area contributed by atoms with Gasteiger partial charge in [-0.25, -0.2) is 4.98 Å². The van der Waals surface area contributed by atoms with Crippen LogP contribution in [-0.4, -0.2) is 56.4 Å². The lowest BCUT2D eigenvalue weighted by molar-refractivity contribution is -0.135. The lowest BCUT2D eigenvalue weighted by Gasteiger charge is -2.43. The zero-order valence-electron chi connectivity index (χ0n) is 18.9. The molecule has 1 aliphatic heterocycles. The van der Waals surface area contributed by atoms with Gasteiger partial charge in [-0.15, -0.1) is 0 Å². The molecule has 1 saturated heterocycles. The number of fused-ring (bicyclic) bond motifs is 3. The summed E-state index contributed by atoms with van der Waals surface area (Å²) in [7, 11) is 0. The number of aromatic nitrogens is 4. The van der Waals surface area contributed by atoms with Gasteiger partial charge < -0.3 is 10.5 Å². The number of hydrogen-bond acceptors (Lipinski definition) is 5. The van der Waals surface area contributed by atoms with Crippen molar-refractivity contribution in [2.75, 3.05) is 19.7 Å². The van der Waals surface area contributed by atoms with Crippen LogP contribution in [-0.2, 0) is 27.9 Å². The molecule has 0 radical (unpaired) electrons. The standard InChI is InChI=1S/C24H30N6O2/c1-14-12-29(6-7-32-14)24(3,22(25)31)15-4-5-20-18(9-15)26-13-30(20)21-17-8-16-10-23(16,2)11-19(17)27-28-21/h4-5,9,13-14,16H,6-8,10-12H2,1-3H3,(H2,25,31)(H,27,28)/t14?,16-,23-,24?/m1/s1. The number of nitrogens with zero attached hydrogens (tertiary/aromatic N) is 4. The maximum Gasteiger partial charge on any atom is 0.242 e. The van der Waals surface area contributed by atoms with Crippen molar-refractivity contribution < 1.29 is 9.53 Å². The van der Waals surface area contributed by atoms with Gasteiger partial charge in [-0.3, -0.25) is 19.4 Å². The van der Waals surface area contributed by atoms with E-state index >= 15 is 0 Å². The molecule has 1 aromatic carbocycles. The Morgan fingerprint density at radius 3 is 3.03 bits per heavy atom. The Kier molecular flexibility index (Phi) is 4.14. The molecule has 32 heavy (non-hydrogen) atoms. The Morgan fingerprint density at radius 1 is 1.41 bits per heavy atom. The van der Waals surface area contributed by atoms with Crippen LogP contribution >= 0.6 is 0 Å². The van der Waals surface area contributed by atoms with Crippen molar-refractivity contribution >= 4 is 16.9 Å². The van der Waals surface area contributed by atoms with Gasteiger partial charge in [-0.2, -0.15) is 5.10 Å². The van der Waals surface area contributed by atoms with Gasteiger partial charge >= 0.3 is 0 Å². The van der Waals surface area contributed by atoms with Crippen LogP contribution in [0.3, 0.4) is 0 Å². The van der Waals surface area contributed by atoms with Crippen molar-refractivity contribution in [3.05, 3.63) is 41.3 Å². The van der Waals surface area contributed by atoms with Crippen LogP contribution in [0, 0.1) is 11.3 Å². The number of benzene rings is 1. The predicted molar refractivity (Wildman–Crippen MR) is 120 cm³/mol. The molecule has 2 aromatic heterocycles. The molecule has 1 saturated carbocycles. The van der Waals surface area contributed by atoms with Crippen LogP contribution in [0.5, 0.6) is 0 Å². The molecule has 2 aliphatic carbocycles. The fraction of sp³-hybridized carbons (Fsp3) is 0.542. The highest BCUT2D eigenvalue weighted by Crippen LogP contribution is 2.59. The van der Waals surface area contributed by atoms with Crippen LogP contribution in [0.25, 0.3) is 16.9 Å². The molecular formula is C24H30N6O2. The first-order valence-corrected chi connectivity index (χ1v) is 11.5. The molecule has 0 spiro atoms. The third kappa shape index (κ3) is 2.79. The highest BCUT2D eigenvalue weighted by molar-refractivity contribution is 5.88. The molecule has 4 atom stereocenters. The largest absolute Gasteiger partial charge is 0.376 e. The van der Waals surface area contributed by atoms with Crippen molar-refractivity contribution in [2.24, 2.45) is 17.1 Å². The molecule has 3 heterocycles. The summed E-state index contributed by atoms with van der Waals surface area (Å²) in [6, 6.07) is 6.03. The number of imidazole rings is 1. The van der Waals surface area contributed by atoms with Crippen molar-refractivity contribution in [3.8, 4) is 5.82 Å². The van der Waals surface area contributed by atoms with Crippen molar-refractivity contribution in [2.45, 2.75) is 51.7 Å². The van der Waals surface area contributed by atoms with E-state index in [0.717, 1.165) is 41.2 Å². The number of carbonyl (C=O) groups excluding carboxylic acids is 1. The molecule has 0 bridgehead atoms. The zero-order valence-corrected chi connectivity index (χ0v) is 18.9. The Labute approximate surface area is 187 Å². The number of nitrogens with two attached hydrogens (primary N) is 1. The number of H-pyrrole nitrogens is 1. The minimum absolute atomic E-state index is 0.0598. The van der Waals surface area contributed by atoms with Crippen LogP contribution in [0.15, 0.2) is 24.5 Å². The molecule has 2 unspecified atom stereocenters. The van der Waals surface area contributed by atoms with Gasteiger partial charge in [0, 0.05) is 24.3 Å². The molecule has 3 N–H and O–H groups in total. The first-order chi connectivity index (χ1) is 15.3. The lowest BCUT2D eigenvalue weighted by atomic mass is 9.88. The summed E-state index contributed by atoms with van der Waals surface area (Å²) in [5, 5.41) is 7.94. The van der Waals surface area contributed by atoms with E-state index in [9.17, 15) is 4.79 Å². The van der Waals surface area contributed by atoms with E-state index in [0.29, 0.717) is 25.1 Å². The van der Waals surface area contributed by atoms with Crippen LogP contribution in [0.1, 0.15) is 44.0 Å². The smallest absolute Gasteiger partial charge is 0.242 e. The average Bonchev–Trinajstić information content (AvgIpc) is 3.06. The monoisotopic (exact) mass is 434 g/mol. The lowest BCUT2D eigenvalue weighted by Crippen LogP contribution is -2.58. The number of ether oxygens (including phenoxy) is 1. The maximum atomic E-state index is 12.7. The number of hydrogen-bond donors (Lipinski definition) is 2. The second-order valence-electron chi connectivity index (χ2n) is 10.3. The summed E-state index contributed by atoms with van der Waals surface area (Å²) in [4.78, 5) is 19.5. The van der Waals surface area contributed by atoms with Crippen LogP contribution < -0.4 is 5.73 Å². The van der Waals surface area contributed by atoms with Gasteiger partial charge in [-0.1, -0.05) is 13.0 Å². The molecule has 8 heteroatoms. The summed E-state index contributed by atoms with van der Waals surface area (Å²) >= 11 is 0. The van der Waals surface area contributed by atoms with E-state index < -0.39 is 5.54 Å². The summed E-state index contributed by atoms with van der Waals surface area (Å²) in [5.74, 6) is 1.35. The van der Waals surface area contributed by atoms with E-state index in [1.165, 1.54) is 17.7 Å². The second kappa shape index (κ2) is 6.65. The molecule has 168 valence electrons. The Balaban J connectivity index is 1.39. The predicted octanol–water partition coefficient (Wildman–Crippen LogP) is 2.29. The number of primary amides is 1. The number of carbonyl (C=O) groups is 1. The number of rotatable bonds is 4. The highest BCUT2D eigenvalue weighted by atomic mass is 16.5. The van der Waals surface area contributed by atoms with E-state index in [1.807, 2.05) is 38.4 Å². The first kappa shape index (κ1) is 19.9. The summed E-state index contributed by atoms with van der Waals surface area (Å²) < 4.78 is 7.74. The van der Waals surface area contributed by atoms with E-state index in [2.05, 4.69) is 31.6 Å². The van der Waals surface area contributed by atoms with Gasteiger partial charge in [0.2, 0.25) is 5.91 Å². The van der Waals surface area contributed by atoms with Gasteiger partial charge in [0.05, 0.1) is 23.7 Å². The maximum absolute atomic E-state index is 12.7. The molecule has 6 rings (SSSR count). The summed E-state index contributed by atoms with van der Waals surface area (Å²) in [6.45, 7) is 8.21. The first-order valence-electron chi connectivity index (χ1n) is 11.5. The minimum Gasteiger partial charge on any atom is -0.376 e. The van der Waals surface area contributed by atoms with Crippen molar-refractivity contribution in [1.29, 1.82) is 0 Å². The molecule has 8 nitrogen and oxygen atoms in total. The fourth-order valence-electron chi connectivity index (χ4n) is 5.83. The van der Waals surface area contributed by atoms with Crippen LogP contribution in [0.4, 0.5) is 0 Å². The SMILES string of the molecule is CC1CN(C(C)(C(N)=O)c2ccc3c(c2)ncn3-c2n[nH]c3c2C[C@@H]2C[C@]2(C)C3)CCO1. The van der Waals surface area contributed by atoms with Gasteiger partial charge in [0.25, 0.3) is 0 Å². The Morgan fingerprint density at radius 2 is 2.25 bits per heavy atom. The minimum atomic E-state index is -0.919. The average molecular weight is 435 g/mol. The van der Waals surface area contributed by atoms with E-state index in [-0.39, 0.29) is 12.0 Å². The molecule has 3 aromatic rings.